The van der Waals surface area contributed by atoms with Crippen molar-refractivity contribution in [3.63, 3.8) is 0 Å². The minimum absolute atomic E-state index is 0.0481. The fourth-order valence-corrected chi connectivity index (χ4v) is 5.14. The summed E-state index contributed by atoms with van der Waals surface area (Å²) < 4.78 is 41.5. The van der Waals surface area contributed by atoms with Crippen LogP contribution in [0.3, 0.4) is 0 Å². The van der Waals surface area contributed by atoms with Crippen LogP contribution in [0.2, 0.25) is 0 Å². The highest BCUT2D eigenvalue weighted by atomic mass is 19.2. The minimum Gasteiger partial charge on any atom is -0.392 e. The molecule has 4 nitrogen and oxygen atoms in total. The van der Waals surface area contributed by atoms with E-state index in [2.05, 4.69) is 35.9 Å². The Hall–Kier alpha value is -2.25. The number of aromatic nitrogens is 1. The van der Waals surface area contributed by atoms with Gasteiger partial charge in [-0.15, -0.1) is 0 Å². The van der Waals surface area contributed by atoms with E-state index in [1.807, 2.05) is 6.92 Å². The highest BCUT2D eigenvalue weighted by Gasteiger charge is 2.25. The van der Waals surface area contributed by atoms with E-state index in [0.29, 0.717) is 18.5 Å². The molecule has 1 aromatic rings. The topological polar surface area (TPSA) is 48.7 Å². The van der Waals surface area contributed by atoms with E-state index in [1.165, 1.54) is 18.3 Å². The number of aliphatic hydroxyl groups is 1. The Kier molecular flexibility index (Phi) is 10.9. The highest BCUT2D eigenvalue weighted by molar-refractivity contribution is 5.90. The fraction of sp³-hybridized carbons (Fsp3) is 0.586. The van der Waals surface area contributed by atoms with Gasteiger partial charge in [-0.25, -0.2) is 13.2 Å². The second kappa shape index (κ2) is 13.9. The number of rotatable bonds is 12. The molecule has 0 bridgehead atoms. The van der Waals surface area contributed by atoms with E-state index in [9.17, 15) is 18.3 Å². The van der Waals surface area contributed by atoms with E-state index < -0.39 is 18.2 Å². The molecule has 1 N–H and O–H groups in total. The van der Waals surface area contributed by atoms with Crippen LogP contribution in [-0.2, 0) is 6.61 Å². The quantitative estimate of drug-likeness (QED) is 0.349. The monoisotopic (exact) mass is 503 g/mol. The van der Waals surface area contributed by atoms with Gasteiger partial charge in [0.15, 0.2) is 12.3 Å². The molecule has 0 saturated heterocycles. The molecule has 0 amide bonds. The zero-order chi connectivity index (χ0) is 26.1. The second-order valence-electron chi connectivity index (χ2n) is 9.88. The molecule has 2 heterocycles. The van der Waals surface area contributed by atoms with Gasteiger partial charge in [-0.05, 0) is 55.1 Å². The van der Waals surface area contributed by atoms with Crippen molar-refractivity contribution < 1.29 is 18.3 Å². The molecule has 0 saturated carbocycles. The first-order valence-electron chi connectivity index (χ1n) is 13.2. The molecule has 5 atom stereocenters. The van der Waals surface area contributed by atoms with Crippen LogP contribution in [0.25, 0.3) is 0 Å². The summed E-state index contributed by atoms with van der Waals surface area (Å²) in [5.74, 6) is -0.0817. The summed E-state index contributed by atoms with van der Waals surface area (Å²) in [6.45, 7) is 9.22. The van der Waals surface area contributed by atoms with E-state index in [4.69, 9.17) is 4.99 Å². The van der Waals surface area contributed by atoms with E-state index in [0.717, 1.165) is 55.7 Å². The summed E-state index contributed by atoms with van der Waals surface area (Å²) in [5, 5.41) is 9.71. The van der Waals surface area contributed by atoms with Crippen LogP contribution in [-0.4, -0.2) is 59.2 Å². The van der Waals surface area contributed by atoms with Crippen molar-refractivity contribution in [3.8, 4) is 0 Å². The lowest BCUT2D eigenvalue weighted by Crippen LogP contribution is -2.32. The average Bonchev–Trinajstić information content (AvgIpc) is 3.12. The van der Waals surface area contributed by atoms with Gasteiger partial charge >= 0.3 is 0 Å². The van der Waals surface area contributed by atoms with Crippen molar-refractivity contribution in [2.75, 3.05) is 26.2 Å². The number of nitrogens with zero attached hydrogens (tertiary/aromatic N) is 3. The third-order valence-electron chi connectivity index (χ3n) is 7.40. The standard InChI is InChI=1S/C29H40F3N3O/c1-4-7-22(24-16-33-17-28(32)25(24)19-36)12-13-35(5-2)18-21-8-6-9-29(34-15-21)20(3)23-10-11-26(30)27(31)14-23/h6,8,10-11,14,16-17,20-22,26-27,36H,4-5,7,9,12-13,15,18-19H2,1-3H3. The first kappa shape index (κ1) is 28.3. The molecule has 5 unspecified atom stereocenters. The lowest BCUT2D eigenvalue weighted by molar-refractivity contribution is 0.243. The molecule has 1 aliphatic carbocycles. The smallest absolute Gasteiger partial charge is 0.154 e. The number of alkyl halides is 2. The largest absolute Gasteiger partial charge is 0.392 e. The van der Waals surface area contributed by atoms with Gasteiger partial charge in [0, 0.05) is 48.8 Å². The number of allylic oxidation sites excluding steroid dienone is 5. The number of halogens is 3. The Bertz CT molecular complexity index is 975. The van der Waals surface area contributed by atoms with Crippen LogP contribution in [0.1, 0.15) is 63.5 Å². The predicted molar refractivity (Wildman–Crippen MR) is 140 cm³/mol. The maximum atomic E-state index is 14.2. The molecule has 0 fully saturated rings. The molecule has 7 heteroatoms. The molecular weight excluding hydrogens is 463 g/mol. The third kappa shape index (κ3) is 7.39. The van der Waals surface area contributed by atoms with Crippen LogP contribution in [0.15, 0.2) is 53.3 Å². The fourth-order valence-electron chi connectivity index (χ4n) is 5.14. The number of hydrogen-bond donors (Lipinski definition) is 1. The van der Waals surface area contributed by atoms with Gasteiger partial charge in [0.2, 0.25) is 0 Å². The van der Waals surface area contributed by atoms with E-state index in [-0.39, 0.29) is 24.4 Å². The van der Waals surface area contributed by atoms with Crippen LogP contribution >= 0.6 is 0 Å². The molecule has 3 rings (SSSR count). The Morgan fingerprint density at radius 1 is 1.14 bits per heavy atom. The van der Waals surface area contributed by atoms with Crippen molar-refractivity contribution in [1.29, 1.82) is 0 Å². The maximum Gasteiger partial charge on any atom is 0.154 e. The maximum absolute atomic E-state index is 14.2. The van der Waals surface area contributed by atoms with Gasteiger partial charge in [-0.3, -0.25) is 9.98 Å². The number of aliphatic hydroxyl groups excluding tert-OH is 1. The van der Waals surface area contributed by atoms with Crippen LogP contribution in [0, 0.1) is 17.7 Å². The summed E-state index contributed by atoms with van der Waals surface area (Å²) in [4.78, 5) is 11.3. The van der Waals surface area contributed by atoms with Gasteiger partial charge in [0.05, 0.1) is 12.8 Å². The van der Waals surface area contributed by atoms with Gasteiger partial charge < -0.3 is 10.0 Å². The molecule has 0 radical (unpaired) electrons. The molecule has 198 valence electrons. The zero-order valence-electron chi connectivity index (χ0n) is 21.7. The second-order valence-corrected chi connectivity index (χ2v) is 9.88. The lowest BCUT2D eigenvalue weighted by atomic mass is 9.89. The Morgan fingerprint density at radius 3 is 2.64 bits per heavy atom. The first-order chi connectivity index (χ1) is 17.4. The van der Waals surface area contributed by atoms with Gasteiger partial charge in [0.1, 0.15) is 5.82 Å². The minimum atomic E-state index is -1.59. The number of hydrogen-bond acceptors (Lipinski definition) is 4. The summed E-state index contributed by atoms with van der Waals surface area (Å²) in [6.07, 6.45) is 11.9. The van der Waals surface area contributed by atoms with Crippen LogP contribution < -0.4 is 0 Å². The lowest BCUT2D eigenvalue weighted by Gasteiger charge is -2.27. The SMILES string of the molecule is CCCC(CCN(CC)CC1C=CCC(C(C)C2=CC(F)C(F)C=C2)=NC1)c1cncc(F)c1CO. The molecular formula is C29H40F3N3O. The predicted octanol–water partition coefficient (Wildman–Crippen LogP) is 6.13. The van der Waals surface area contributed by atoms with Crippen molar-refractivity contribution >= 4 is 5.71 Å². The Morgan fingerprint density at radius 2 is 1.94 bits per heavy atom. The normalized spacial score (nSPS) is 23.8. The molecule has 1 aromatic heterocycles. The van der Waals surface area contributed by atoms with Crippen molar-refractivity contribution in [2.45, 2.75) is 71.3 Å². The van der Waals surface area contributed by atoms with Gasteiger partial charge in [-0.1, -0.05) is 45.4 Å². The molecule has 0 spiro atoms. The van der Waals surface area contributed by atoms with Crippen molar-refractivity contribution in [1.82, 2.24) is 9.88 Å². The van der Waals surface area contributed by atoms with E-state index >= 15 is 0 Å². The van der Waals surface area contributed by atoms with Gasteiger partial charge in [-0.2, -0.15) is 0 Å². The molecule has 1 aliphatic heterocycles. The first-order valence-corrected chi connectivity index (χ1v) is 13.2. The summed E-state index contributed by atoms with van der Waals surface area (Å²) >= 11 is 0. The van der Waals surface area contributed by atoms with E-state index in [1.54, 1.807) is 12.3 Å². The Balaban J connectivity index is 1.61. The number of pyridine rings is 1. The molecule has 0 aromatic carbocycles. The Labute approximate surface area is 213 Å². The summed E-state index contributed by atoms with van der Waals surface area (Å²) in [5.41, 5.74) is 2.95. The van der Waals surface area contributed by atoms with Crippen molar-refractivity contribution in [3.05, 3.63) is 65.3 Å². The molecule has 36 heavy (non-hydrogen) atoms. The zero-order valence-corrected chi connectivity index (χ0v) is 21.7. The molecule has 2 aliphatic rings. The van der Waals surface area contributed by atoms with Crippen LogP contribution in [0.4, 0.5) is 13.2 Å². The summed E-state index contributed by atoms with van der Waals surface area (Å²) in [7, 11) is 0. The highest BCUT2D eigenvalue weighted by Crippen LogP contribution is 2.30. The van der Waals surface area contributed by atoms with Gasteiger partial charge in [0.25, 0.3) is 0 Å². The average molecular weight is 504 g/mol. The third-order valence-corrected chi connectivity index (χ3v) is 7.40. The summed E-state index contributed by atoms with van der Waals surface area (Å²) in [6, 6.07) is 0. The number of aliphatic imine (C=N–C) groups is 1. The van der Waals surface area contributed by atoms with Crippen LogP contribution in [0.5, 0.6) is 0 Å². The van der Waals surface area contributed by atoms with Crippen molar-refractivity contribution in [2.24, 2.45) is 16.8 Å².